The van der Waals surface area contributed by atoms with Gasteiger partial charge in [-0.3, -0.25) is 0 Å². The highest BCUT2D eigenvalue weighted by molar-refractivity contribution is 5.91. The summed E-state index contributed by atoms with van der Waals surface area (Å²) >= 11 is 0. The molecule has 0 aliphatic carbocycles. The molecule has 0 bridgehead atoms. The number of unbranched alkanes of at least 4 members (excludes halogenated alkanes) is 9. The first-order chi connectivity index (χ1) is 24.5. The van der Waals surface area contributed by atoms with E-state index in [1.54, 1.807) is 12.1 Å². The third-order valence-electron chi connectivity index (χ3n) is 8.43. The molecule has 2 aromatic heterocycles. The first kappa shape index (κ1) is 34.1. The number of ether oxygens (including phenoxy) is 2. The Labute approximate surface area is 289 Å². The number of carbonyl (C=O) groups excluding carboxylic acids is 2. The monoisotopic (exact) mass is 676 g/mol. The predicted molar refractivity (Wildman–Crippen MR) is 188 cm³/mol. The summed E-state index contributed by atoms with van der Waals surface area (Å²) in [5, 5.41) is 38.2. The van der Waals surface area contributed by atoms with Crippen LogP contribution in [0.4, 0.5) is 0 Å². The molecule has 258 valence electrons. The van der Waals surface area contributed by atoms with Crippen molar-refractivity contribution in [2.24, 2.45) is 0 Å². The molecule has 50 heavy (non-hydrogen) atoms. The summed E-state index contributed by atoms with van der Waals surface area (Å²) in [6, 6.07) is 23.8. The van der Waals surface area contributed by atoms with Gasteiger partial charge in [0.15, 0.2) is 0 Å². The number of esters is 2. The van der Waals surface area contributed by atoms with Gasteiger partial charge in [0.1, 0.15) is 44.9 Å². The Kier molecular flexibility index (Phi) is 11.3. The Morgan fingerprint density at radius 2 is 0.800 bits per heavy atom. The number of carbonyl (C=O) groups is 2. The standard InChI is InChI=1S/C38H40N6O6/c45-35-21-19-27(25-33(35)43-39-29-15-9-10-16-30(29)40-43)37(47)49-23-13-7-5-3-1-2-4-6-8-14-24-50-38(48)28-20-22-36(46)34(26-28)44-41-31-17-11-12-18-32(31)42-44/h9-12,15-22,25-26,45-46H,1-8,13-14,23-24H2. The number of fused-ring (bicyclic) bond motifs is 2. The quantitative estimate of drug-likeness (QED) is 0.0734. The van der Waals surface area contributed by atoms with Gasteiger partial charge < -0.3 is 19.7 Å². The van der Waals surface area contributed by atoms with Crippen molar-refractivity contribution < 1.29 is 29.3 Å². The Bertz CT molecular complexity index is 1860. The molecule has 0 saturated heterocycles. The molecule has 0 radical (unpaired) electrons. The molecule has 0 saturated carbocycles. The van der Waals surface area contributed by atoms with E-state index in [4.69, 9.17) is 9.47 Å². The topological polar surface area (TPSA) is 154 Å². The lowest BCUT2D eigenvalue weighted by Crippen LogP contribution is -2.08. The van der Waals surface area contributed by atoms with Gasteiger partial charge >= 0.3 is 11.9 Å². The van der Waals surface area contributed by atoms with Crippen molar-refractivity contribution >= 4 is 34.0 Å². The van der Waals surface area contributed by atoms with Crippen LogP contribution in [0, 0.1) is 0 Å². The van der Waals surface area contributed by atoms with Crippen molar-refractivity contribution in [3.05, 3.63) is 96.1 Å². The van der Waals surface area contributed by atoms with Crippen LogP contribution >= 0.6 is 0 Å². The van der Waals surface area contributed by atoms with E-state index in [0.29, 0.717) is 57.8 Å². The third-order valence-corrected chi connectivity index (χ3v) is 8.43. The fraction of sp³-hybridized carbons (Fsp3) is 0.316. The molecule has 12 heteroatoms. The number of hydrogen-bond acceptors (Lipinski definition) is 10. The van der Waals surface area contributed by atoms with Crippen LogP contribution in [-0.2, 0) is 9.47 Å². The van der Waals surface area contributed by atoms with E-state index < -0.39 is 11.9 Å². The molecule has 2 N–H and O–H groups in total. The predicted octanol–water partition coefficient (Wildman–Crippen LogP) is 7.48. The van der Waals surface area contributed by atoms with Gasteiger partial charge in [-0.05, 0) is 73.5 Å². The summed E-state index contributed by atoms with van der Waals surface area (Å²) in [6.07, 6.45) is 10.3. The Morgan fingerprint density at radius 1 is 0.480 bits per heavy atom. The maximum atomic E-state index is 12.6. The first-order valence-electron chi connectivity index (χ1n) is 17.1. The lowest BCUT2D eigenvalue weighted by atomic mass is 10.1. The second-order valence-electron chi connectivity index (χ2n) is 12.2. The Balaban J connectivity index is 0.797. The molecule has 0 unspecified atom stereocenters. The van der Waals surface area contributed by atoms with Gasteiger partial charge in [0.25, 0.3) is 0 Å². The second kappa shape index (κ2) is 16.6. The summed E-state index contributed by atoms with van der Waals surface area (Å²) in [5.74, 6) is -0.932. The number of rotatable bonds is 17. The third kappa shape index (κ3) is 8.62. The molecule has 4 aromatic carbocycles. The van der Waals surface area contributed by atoms with E-state index in [1.165, 1.54) is 33.9 Å². The summed E-state index contributed by atoms with van der Waals surface area (Å²) in [4.78, 5) is 27.9. The highest BCUT2D eigenvalue weighted by atomic mass is 16.5. The van der Waals surface area contributed by atoms with E-state index in [0.717, 1.165) is 64.2 Å². The van der Waals surface area contributed by atoms with Gasteiger partial charge in [0, 0.05) is 0 Å². The van der Waals surface area contributed by atoms with Crippen LogP contribution in [0.15, 0.2) is 84.9 Å². The average Bonchev–Trinajstić information content (AvgIpc) is 3.76. The molecular formula is C38H40N6O6. The number of phenols is 2. The van der Waals surface area contributed by atoms with Gasteiger partial charge in [0.05, 0.1) is 24.3 Å². The molecule has 0 fully saturated rings. The van der Waals surface area contributed by atoms with Crippen molar-refractivity contribution in [3.8, 4) is 22.9 Å². The van der Waals surface area contributed by atoms with E-state index in [1.807, 2.05) is 48.5 Å². The minimum absolute atomic E-state index is 0.0251. The Hall–Kier alpha value is -5.78. The molecule has 0 spiro atoms. The van der Waals surface area contributed by atoms with Gasteiger partial charge in [-0.2, -0.15) is 0 Å². The van der Waals surface area contributed by atoms with Crippen molar-refractivity contribution in [1.82, 2.24) is 30.0 Å². The van der Waals surface area contributed by atoms with Crippen LogP contribution in [0.3, 0.4) is 0 Å². The molecule has 6 aromatic rings. The zero-order valence-electron chi connectivity index (χ0n) is 27.8. The fourth-order valence-electron chi connectivity index (χ4n) is 5.67. The number of phenolic OH excluding ortho intramolecular Hbond substituents is 2. The number of aromatic hydroxyl groups is 2. The minimum Gasteiger partial charge on any atom is -0.506 e. The Morgan fingerprint density at radius 3 is 1.14 bits per heavy atom. The van der Waals surface area contributed by atoms with Crippen LogP contribution in [-0.4, -0.2) is 65.4 Å². The van der Waals surface area contributed by atoms with Gasteiger partial charge in [-0.1, -0.05) is 75.6 Å². The smallest absolute Gasteiger partial charge is 0.338 e. The fourth-order valence-corrected chi connectivity index (χ4v) is 5.67. The molecule has 6 rings (SSSR count). The van der Waals surface area contributed by atoms with E-state index >= 15 is 0 Å². The molecular weight excluding hydrogens is 636 g/mol. The largest absolute Gasteiger partial charge is 0.506 e. The number of hydrogen-bond donors (Lipinski definition) is 2. The molecule has 0 atom stereocenters. The zero-order valence-corrected chi connectivity index (χ0v) is 27.8. The average molecular weight is 677 g/mol. The van der Waals surface area contributed by atoms with Gasteiger partial charge in [-0.25, -0.2) is 9.59 Å². The van der Waals surface area contributed by atoms with Crippen molar-refractivity contribution in [2.45, 2.75) is 64.2 Å². The van der Waals surface area contributed by atoms with Crippen LogP contribution in [0.1, 0.15) is 84.9 Å². The number of aromatic nitrogens is 6. The summed E-state index contributed by atoms with van der Waals surface area (Å²) in [7, 11) is 0. The zero-order chi connectivity index (χ0) is 34.7. The van der Waals surface area contributed by atoms with Crippen molar-refractivity contribution in [1.29, 1.82) is 0 Å². The van der Waals surface area contributed by atoms with Crippen molar-refractivity contribution in [3.63, 3.8) is 0 Å². The molecule has 2 heterocycles. The van der Waals surface area contributed by atoms with E-state index in [9.17, 15) is 19.8 Å². The second-order valence-corrected chi connectivity index (χ2v) is 12.2. The SMILES string of the molecule is O=C(OCCCCCCCCCCCCOC(=O)c1ccc(O)c(-n2nc3ccccc3n2)c1)c1ccc(O)c(-n2nc3ccccc3n2)c1. The first-order valence-corrected chi connectivity index (χ1v) is 17.1. The summed E-state index contributed by atoms with van der Waals surface area (Å²) in [5.41, 5.74) is 4.07. The number of nitrogens with zero attached hydrogens (tertiary/aromatic N) is 6. The van der Waals surface area contributed by atoms with E-state index in [2.05, 4.69) is 20.4 Å². The molecule has 0 aliphatic rings. The lowest BCUT2D eigenvalue weighted by molar-refractivity contribution is 0.0488. The van der Waals surface area contributed by atoms with Crippen LogP contribution in [0.25, 0.3) is 33.4 Å². The van der Waals surface area contributed by atoms with Gasteiger partial charge in [0.2, 0.25) is 0 Å². The minimum atomic E-state index is -0.441. The van der Waals surface area contributed by atoms with E-state index in [-0.39, 0.29) is 11.5 Å². The highest BCUT2D eigenvalue weighted by Crippen LogP contribution is 2.25. The van der Waals surface area contributed by atoms with Crippen LogP contribution < -0.4 is 0 Å². The molecule has 0 aliphatic heterocycles. The normalized spacial score (nSPS) is 11.3. The molecule has 12 nitrogen and oxygen atoms in total. The van der Waals surface area contributed by atoms with Crippen LogP contribution in [0.5, 0.6) is 11.5 Å². The van der Waals surface area contributed by atoms with Crippen molar-refractivity contribution in [2.75, 3.05) is 13.2 Å². The van der Waals surface area contributed by atoms with Gasteiger partial charge in [-0.15, -0.1) is 30.0 Å². The maximum absolute atomic E-state index is 12.6. The number of benzene rings is 4. The van der Waals surface area contributed by atoms with Crippen LogP contribution in [0.2, 0.25) is 0 Å². The summed E-state index contributed by atoms with van der Waals surface area (Å²) in [6.45, 7) is 0.687. The maximum Gasteiger partial charge on any atom is 0.338 e. The highest BCUT2D eigenvalue weighted by Gasteiger charge is 2.16. The summed E-state index contributed by atoms with van der Waals surface area (Å²) < 4.78 is 10.9. The lowest BCUT2D eigenvalue weighted by Gasteiger charge is -2.08. The molecule has 0 amide bonds.